The Bertz CT molecular complexity index is 2100. The number of carbonyl (C=O) groups excluding carboxylic acids is 3. The van der Waals surface area contributed by atoms with Crippen LogP contribution in [0.5, 0.6) is 0 Å². The maximum Gasteiger partial charge on any atom is 0.179 e. The van der Waals surface area contributed by atoms with Gasteiger partial charge in [0.2, 0.25) is 0 Å². The van der Waals surface area contributed by atoms with Crippen LogP contribution in [0.1, 0.15) is 64.2 Å². The number of nitrogens with zero attached hydrogens (tertiary/aromatic N) is 1. The van der Waals surface area contributed by atoms with Gasteiger partial charge >= 0.3 is 0 Å². The molecular formula is C33H24Cl6N4O3. The third-order valence-electron chi connectivity index (χ3n) is 8.05. The van der Waals surface area contributed by atoms with E-state index < -0.39 is 0 Å². The van der Waals surface area contributed by atoms with Gasteiger partial charge in [-0.15, -0.1) is 0 Å². The number of Topliss-reactive ketones (excluding diaryl/α,β-unsaturated/α-hetero) is 3. The Hall–Kier alpha value is -3.04. The van der Waals surface area contributed by atoms with Crippen LogP contribution in [0.15, 0.2) is 47.6 Å². The lowest BCUT2D eigenvalue weighted by Gasteiger charge is -2.02. The van der Waals surface area contributed by atoms with Crippen molar-refractivity contribution in [3.8, 4) is 0 Å². The Morgan fingerprint density at radius 3 is 1.91 bits per heavy atom. The van der Waals surface area contributed by atoms with Crippen molar-refractivity contribution < 1.29 is 14.4 Å². The summed E-state index contributed by atoms with van der Waals surface area (Å²) in [5.41, 5.74) is 9.44. The van der Waals surface area contributed by atoms with Crippen LogP contribution in [-0.2, 0) is 17.6 Å². The normalized spacial score (nSPS) is 16.0. The molecule has 0 amide bonds. The average molecular weight is 737 g/mol. The predicted octanol–water partition coefficient (Wildman–Crippen LogP) is 10.7. The Kier molecular flexibility index (Phi) is 9.72. The molecule has 13 heteroatoms. The van der Waals surface area contributed by atoms with Crippen LogP contribution in [0.4, 0.5) is 5.69 Å². The number of halogens is 6. The first-order chi connectivity index (χ1) is 22.0. The molecule has 3 aliphatic carbocycles. The summed E-state index contributed by atoms with van der Waals surface area (Å²) in [6, 6.07) is 12.3. The van der Waals surface area contributed by atoms with E-state index in [2.05, 4.69) is 20.5 Å². The molecule has 2 heterocycles. The molecule has 0 atom stereocenters. The molecule has 7 nitrogen and oxygen atoms in total. The summed E-state index contributed by atoms with van der Waals surface area (Å²) in [4.78, 5) is 40.5. The summed E-state index contributed by atoms with van der Waals surface area (Å²) >= 11 is 35.6. The summed E-state index contributed by atoms with van der Waals surface area (Å²) in [5, 5.41) is 9.07. The number of hydrazone groups is 1. The van der Waals surface area contributed by atoms with Crippen molar-refractivity contribution in [1.82, 2.24) is 9.97 Å². The minimum atomic E-state index is 0.118. The molecule has 0 aliphatic heterocycles. The Labute approximate surface area is 293 Å². The number of rotatable bonds is 2. The van der Waals surface area contributed by atoms with Gasteiger partial charge in [0.25, 0.3) is 0 Å². The molecule has 236 valence electrons. The van der Waals surface area contributed by atoms with Crippen LogP contribution < -0.4 is 5.43 Å². The summed E-state index contributed by atoms with van der Waals surface area (Å²) < 4.78 is 0. The Morgan fingerprint density at radius 1 is 0.587 bits per heavy atom. The van der Waals surface area contributed by atoms with E-state index in [1.165, 1.54) is 0 Å². The van der Waals surface area contributed by atoms with Gasteiger partial charge in [0.05, 0.1) is 47.2 Å². The first kappa shape index (κ1) is 32.9. The fraction of sp³-hybridized carbons (Fsp3) is 0.212. The number of hydrogen-bond acceptors (Lipinski definition) is 5. The molecule has 0 saturated heterocycles. The third-order valence-corrected chi connectivity index (χ3v) is 10.3. The molecule has 1 saturated carbocycles. The summed E-state index contributed by atoms with van der Waals surface area (Å²) in [5.74, 6) is 0.453. The molecule has 3 N–H and O–H groups in total. The van der Waals surface area contributed by atoms with Crippen LogP contribution in [0.2, 0.25) is 30.1 Å². The number of nitrogens with one attached hydrogen (secondary N) is 3. The van der Waals surface area contributed by atoms with Crippen LogP contribution >= 0.6 is 69.6 Å². The molecule has 3 aliphatic rings. The van der Waals surface area contributed by atoms with Crippen molar-refractivity contribution in [2.45, 2.75) is 44.9 Å². The van der Waals surface area contributed by atoms with E-state index in [9.17, 15) is 14.4 Å². The predicted molar refractivity (Wildman–Crippen MR) is 188 cm³/mol. The van der Waals surface area contributed by atoms with Gasteiger partial charge in [-0.1, -0.05) is 69.6 Å². The largest absolute Gasteiger partial charge is 0.352 e. The quantitative estimate of drug-likeness (QED) is 0.157. The molecule has 5 aromatic rings. The zero-order valence-corrected chi connectivity index (χ0v) is 28.5. The second-order valence-electron chi connectivity index (χ2n) is 11.0. The number of aryl methyl sites for hydroxylation is 2. The van der Waals surface area contributed by atoms with Crippen LogP contribution in [-0.4, -0.2) is 33.0 Å². The van der Waals surface area contributed by atoms with E-state index in [-0.39, 0.29) is 17.3 Å². The van der Waals surface area contributed by atoms with E-state index in [4.69, 9.17) is 69.6 Å². The number of ketones is 3. The molecular weight excluding hydrogens is 713 g/mol. The maximum atomic E-state index is 11.5. The van der Waals surface area contributed by atoms with Crippen LogP contribution in [0.3, 0.4) is 0 Å². The number of H-pyrrole nitrogens is 2. The highest BCUT2D eigenvalue weighted by Crippen LogP contribution is 2.38. The standard InChI is InChI=1S/C11H10Cl2N2O.2C11H7Cl2NO/c12-8-5-4-7(6-9(8)13)14-15-10-2-1-3-11(10)16;12-6-2-3-7-9(10(6)13)5-1-4-8(15)11(5)14-7;12-7-3-6-5-1-2-10(15)11(5)14-9(6)4-8(7)13/h4-6,14H,1-3H2;2-3,14H,1,4H2;3-4,14H,1-2H2/b15-10+;;. The Balaban J connectivity index is 0.000000121. The lowest BCUT2D eigenvalue weighted by molar-refractivity contribution is -0.112. The highest BCUT2D eigenvalue weighted by atomic mass is 35.5. The lowest BCUT2D eigenvalue weighted by Crippen LogP contribution is -2.07. The van der Waals surface area contributed by atoms with Gasteiger partial charge in [0, 0.05) is 41.1 Å². The van der Waals surface area contributed by atoms with Gasteiger partial charge < -0.3 is 9.97 Å². The second kappa shape index (κ2) is 13.6. The van der Waals surface area contributed by atoms with Gasteiger partial charge in [0.15, 0.2) is 17.3 Å². The summed E-state index contributed by atoms with van der Waals surface area (Å²) in [7, 11) is 0. The Morgan fingerprint density at radius 2 is 1.22 bits per heavy atom. The minimum absolute atomic E-state index is 0.118. The van der Waals surface area contributed by atoms with E-state index in [0.717, 1.165) is 70.0 Å². The van der Waals surface area contributed by atoms with Gasteiger partial charge in [-0.05, 0) is 79.3 Å². The zero-order chi connectivity index (χ0) is 32.7. The van der Waals surface area contributed by atoms with Crippen LogP contribution in [0.25, 0.3) is 21.8 Å². The topological polar surface area (TPSA) is 107 Å². The van der Waals surface area contributed by atoms with Crippen molar-refractivity contribution in [1.29, 1.82) is 0 Å². The molecule has 0 bridgehead atoms. The molecule has 2 aromatic heterocycles. The molecule has 8 rings (SSSR count). The van der Waals surface area contributed by atoms with Gasteiger partial charge in [0.1, 0.15) is 5.71 Å². The number of anilines is 1. The van der Waals surface area contributed by atoms with E-state index in [1.807, 2.05) is 12.1 Å². The monoisotopic (exact) mass is 734 g/mol. The van der Waals surface area contributed by atoms with Crippen molar-refractivity contribution in [3.05, 3.63) is 95.1 Å². The highest BCUT2D eigenvalue weighted by molar-refractivity contribution is 6.46. The maximum absolute atomic E-state index is 11.5. The van der Waals surface area contributed by atoms with Gasteiger partial charge in [-0.2, -0.15) is 5.10 Å². The average Bonchev–Trinajstić information content (AvgIpc) is 3.84. The number of aromatic amines is 2. The van der Waals surface area contributed by atoms with E-state index >= 15 is 0 Å². The molecule has 0 radical (unpaired) electrons. The fourth-order valence-electron chi connectivity index (χ4n) is 5.76. The number of hydrogen-bond donors (Lipinski definition) is 3. The number of aromatic nitrogens is 2. The SMILES string of the molecule is O=C1CCC/C1=N\Nc1ccc(Cl)c(Cl)c1.O=C1CCc2c1[nH]c1cc(Cl)c(Cl)cc21.O=C1CCc2c1[nH]c1ccc(Cl)c(Cl)c21. The first-order valence-corrected chi connectivity index (χ1v) is 16.6. The van der Waals surface area contributed by atoms with Crippen molar-refractivity contribution in [2.24, 2.45) is 5.10 Å². The summed E-state index contributed by atoms with van der Waals surface area (Å²) in [6.07, 6.45) is 4.95. The number of benzene rings is 3. The minimum Gasteiger partial charge on any atom is -0.352 e. The third kappa shape index (κ3) is 6.55. The van der Waals surface area contributed by atoms with Gasteiger partial charge in [-0.25, -0.2) is 0 Å². The zero-order valence-electron chi connectivity index (χ0n) is 23.9. The van der Waals surface area contributed by atoms with Crippen molar-refractivity contribution >= 4 is 120 Å². The van der Waals surface area contributed by atoms with Crippen molar-refractivity contribution in [2.75, 3.05) is 5.43 Å². The molecule has 46 heavy (non-hydrogen) atoms. The number of fused-ring (bicyclic) bond motifs is 6. The molecule has 0 unspecified atom stereocenters. The van der Waals surface area contributed by atoms with Crippen molar-refractivity contribution in [3.63, 3.8) is 0 Å². The van der Waals surface area contributed by atoms with E-state index in [1.54, 1.807) is 30.3 Å². The highest BCUT2D eigenvalue weighted by Gasteiger charge is 2.26. The van der Waals surface area contributed by atoms with E-state index in [0.29, 0.717) is 60.8 Å². The smallest absolute Gasteiger partial charge is 0.179 e. The molecule has 3 aromatic carbocycles. The second-order valence-corrected chi connectivity index (χ2v) is 13.4. The fourth-order valence-corrected chi connectivity index (χ4v) is 6.82. The first-order valence-electron chi connectivity index (χ1n) is 14.4. The molecule has 1 fully saturated rings. The molecule has 0 spiro atoms. The van der Waals surface area contributed by atoms with Gasteiger partial charge in [-0.3, -0.25) is 19.8 Å². The lowest BCUT2D eigenvalue weighted by atomic mass is 10.1. The summed E-state index contributed by atoms with van der Waals surface area (Å²) in [6.45, 7) is 0. The number of carbonyl (C=O) groups is 3. The van der Waals surface area contributed by atoms with Crippen LogP contribution in [0, 0.1) is 0 Å².